The highest BCUT2D eigenvalue weighted by molar-refractivity contribution is 5.88. The number of rotatable bonds is 3. The van der Waals surface area contributed by atoms with Crippen molar-refractivity contribution < 1.29 is 9.21 Å². The predicted molar refractivity (Wildman–Crippen MR) is 57.8 cm³/mol. The molecule has 6 nitrogen and oxygen atoms in total. The minimum absolute atomic E-state index is 0.292. The van der Waals surface area contributed by atoms with E-state index in [0.29, 0.717) is 18.1 Å². The van der Waals surface area contributed by atoms with Gasteiger partial charge in [-0.1, -0.05) is 0 Å². The number of carbonyl (C=O) groups is 1. The molecule has 84 valence electrons. The molecule has 2 amide bonds. The van der Waals surface area contributed by atoms with Crippen LogP contribution in [0.4, 0.5) is 10.6 Å². The normalized spacial score (nSPS) is 10.1. The Hall–Kier alpha value is -2.24. The molecule has 6 heteroatoms. The first-order valence-corrected chi connectivity index (χ1v) is 4.81. The zero-order chi connectivity index (χ0) is 11.4. The van der Waals surface area contributed by atoms with Gasteiger partial charge in [0.25, 0.3) is 0 Å². The molecular weight excluding hydrogens is 208 g/mol. The van der Waals surface area contributed by atoms with E-state index in [1.807, 2.05) is 0 Å². The number of carbonyl (C=O) groups excluding carboxylic acids is 1. The highest BCUT2D eigenvalue weighted by Crippen LogP contribution is 2.03. The van der Waals surface area contributed by atoms with Crippen LogP contribution >= 0.6 is 0 Å². The lowest BCUT2D eigenvalue weighted by atomic mass is 10.4. The number of urea groups is 1. The van der Waals surface area contributed by atoms with Crippen LogP contribution in [0.3, 0.4) is 0 Å². The first-order valence-electron chi connectivity index (χ1n) is 4.81. The van der Waals surface area contributed by atoms with Gasteiger partial charge < -0.3 is 9.73 Å². The van der Waals surface area contributed by atoms with E-state index in [9.17, 15) is 4.79 Å². The van der Waals surface area contributed by atoms with E-state index in [1.165, 1.54) is 0 Å². The van der Waals surface area contributed by atoms with E-state index < -0.39 is 0 Å². The van der Waals surface area contributed by atoms with Crippen molar-refractivity contribution in [3.8, 4) is 0 Å². The summed E-state index contributed by atoms with van der Waals surface area (Å²) in [5.74, 6) is 1.34. The Balaban J connectivity index is 1.83. The van der Waals surface area contributed by atoms with Gasteiger partial charge in [0, 0.05) is 13.1 Å². The molecule has 0 aliphatic heterocycles. The predicted octanol–water partition coefficient (Wildman–Crippen LogP) is 1.33. The van der Waals surface area contributed by atoms with Gasteiger partial charge in [-0.2, -0.15) is 5.10 Å². The van der Waals surface area contributed by atoms with Crippen LogP contribution in [0.2, 0.25) is 0 Å². The number of aromatic nitrogens is 2. The Morgan fingerprint density at radius 3 is 3.06 bits per heavy atom. The molecule has 2 aromatic rings. The van der Waals surface area contributed by atoms with Crippen molar-refractivity contribution in [1.82, 2.24) is 15.1 Å². The van der Waals surface area contributed by atoms with Gasteiger partial charge in [0.2, 0.25) is 0 Å². The quantitative estimate of drug-likeness (QED) is 0.819. The molecule has 2 rings (SSSR count). The second kappa shape index (κ2) is 4.52. The van der Waals surface area contributed by atoms with Crippen molar-refractivity contribution in [2.45, 2.75) is 6.54 Å². The van der Waals surface area contributed by atoms with Gasteiger partial charge in [-0.15, -0.1) is 0 Å². The highest BCUT2D eigenvalue weighted by atomic mass is 16.3. The fraction of sp³-hybridized carbons (Fsp3) is 0.200. The lowest BCUT2D eigenvalue weighted by Gasteiger charge is -2.05. The number of amides is 2. The molecule has 0 fully saturated rings. The van der Waals surface area contributed by atoms with Gasteiger partial charge in [0.05, 0.1) is 19.0 Å². The van der Waals surface area contributed by atoms with Gasteiger partial charge in [0.15, 0.2) is 0 Å². The number of hydrogen-bond acceptors (Lipinski definition) is 3. The van der Waals surface area contributed by atoms with Crippen molar-refractivity contribution in [3.63, 3.8) is 0 Å². The summed E-state index contributed by atoms with van der Waals surface area (Å²) in [6.45, 7) is 0.358. The minimum Gasteiger partial charge on any atom is -0.467 e. The Morgan fingerprint density at radius 1 is 1.56 bits per heavy atom. The zero-order valence-electron chi connectivity index (χ0n) is 8.80. The largest absolute Gasteiger partial charge is 0.467 e. The highest BCUT2D eigenvalue weighted by Gasteiger charge is 2.04. The molecule has 0 bridgehead atoms. The summed E-state index contributed by atoms with van der Waals surface area (Å²) in [7, 11) is 1.75. The third kappa shape index (κ3) is 2.41. The third-order valence-corrected chi connectivity index (χ3v) is 2.07. The van der Waals surface area contributed by atoms with E-state index in [-0.39, 0.29) is 6.03 Å². The summed E-state index contributed by atoms with van der Waals surface area (Å²) < 4.78 is 6.66. The molecule has 0 saturated carbocycles. The molecule has 0 aliphatic rings. The van der Waals surface area contributed by atoms with Crippen LogP contribution in [-0.4, -0.2) is 15.8 Å². The van der Waals surface area contributed by atoms with Crippen LogP contribution < -0.4 is 10.6 Å². The van der Waals surface area contributed by atoms with Gasteiger partial charge in [-0.3, -0.25) is 10.00 Å². The van der Waals surface area contributed by atoms with Crippen LogP contribution in [0, 0.1) is 0 Å². The maximum atomic E-state index is 11.5. The van der Waals surface area contributed by atoms with Crippen molar-refractivity contribution >= 4 is 11.8 Å². The first-order chi connectivity index (χ1) is 7.75. The summed E-state index contributed by atoms with van der Waals surface area (Å²) in [6.07, 6.45) is 3.18. The van der Waals surface area contributed by atoms with E-state index >= 15 is 0 Å². The summed E-state index contributed by atoms with van der Waals surface area (Å²) in [6, 6.07) is 4.99. The van der Waals surface area contributed by atoms with Crippen molar-refractivity contribution in [2.24, 2.45) is 7.05 Å². The second-order valence-corrected chi connectivity index (χ2v) is 3.23. The number of nitrogens with one attached hydrogen (secondary N) is 2. The Kier molecular flexibility index (Phi) is 2.90. The minimum atomic E-state index is -0.292. The van der Waals surface area contributed by atoms with Crippen molar-refractivity contribution in [2.75, 3.05) is 5.32 Å². The molecule has 0 saturated heterocycles. The molecule has 0 atom stereocenters. The number of aryl methyl sites for hydroxylation is 1. The molecule has 0 spiro atoms. The van der Waals surface area contributed by atoms with Gasteiger partial charge >= 0.3 is 6.03 Å². The SMILES string of the molecule is Cn1nccc1NC(=O)NCc1ccco1. The third-order valence-electron chi connectivity index (χ3n) is 2.07. The Labute approximate surface area is 92.2 Å². The molecule has 2 aromatic heterocycles. The van der Waals surface area contributed by atoms with E-state index in [1.54, 1.807) is 42.4 Å². The maximum absolute atomic E-state index is 11.5. The second-order valence-electron chi connectivity index (χ2n) is 3.23. The number of furan rings is 1. The smallest absolute Gasteiger partial charge is 0.320 e. The fourth-order valence-electron chi connectivity index (χ4n) is 1.24. The summed E-state index contributed by atoms with van der Waals surface area (Å²) >= 11 is 0. The first kappa shape index (κ1) is 10.3. The van der Waals surface area contributed by atoms with Crippen LogP contribution in [0.1, 0.15) is 5.76 Å². The molecule has 16 heavy (non-hydrogen) atoms. The van der Waals surface area contributed by atoms with Gasteiger partial charge in [-0.05, 0) is 12.1 Å². The number of hydrogen-bond donors (Lipinski definition) is 2. The topological polar surface area (TPSA) is 72.1 Å². The summed E-state index contributed by atoms with van der Waals surface area (Å²) in [5, 5.41) is 9.26. The molecule has 0 radical (unpaired) electrons. The molecule has 0 aromatic carbocycles. The van der Waals surface area contributed by atoms with E-state index in [4.69, 9.17) is 4.42 Å². The van der Waals surface area contributed by atoms with Crippen LogP contribution in [0.25, 0.3) is 0 Å². The van der Waals surface area contributed by atoms with Crippen LogP contribution in [0.5, 0.6) is 0 Å². The van der Waals surface area contributed by atoms with Crippen molar-refractivity contribution in [3.05, 3.63) is 36.4 Å². The van der Waals surface area contributed by atoms with E-state index in [0.717, 1.165) is 0 Å². The van der Waals surface area contributed by atoms with Crippen LogP contribution in [-0.2, 0) is 13.6 Å². The number of nitrogens with zero attached hydrogens (tertiary/aromatic N) is 2. The number of anilines is 1. The Morgan fingerprint density at radius 2 is 2.44 bits per heavy atom. The monoisotopic (exact) mass is 220 g/mol. The summed E-state index contributed by atoms with van der Waals surface area (Å²) in [5.41, 5.74) is 0. The van der Waals surface area contributed by atoms with Gasteiger partial charge in [-0.25, -0.2) is 4.79 Å². The zero-order valence-corrected chi connectivity index (χ0v) is 8.80. The molecule has 0 unspecified atom stereocenters. The Bertz CT molecular complexity index is 461. The fourth-order valence-corrected chi connectivity index (χ4v) is 1.24. The molecular formula is C10H12N4O2. The molecule has 2 heterocycles. The summed E-state index contributed by atoms with van der Waals surface area (Å²) in [4.78, 5) is 11.5. The van der Waals surface area contributed by atoms with Crippen LogP contribution in [0.15, 0.2) is 35.1 Å². The average Bonchev–Trinajstić information content (AvgIpc) is 2.88. The standard InChI is InChI=1S/C10H12N4O2/c1-14-9(4-5-12-14)13-10(15)11-7-8-3-2-6-16-8/h2-6H,7H2,1H3,(H2,11,13,15). The van der Waals surface area contributed by atoms with Gasteiger partial charge in [0.1, 0.15) is 11.6 Å². The molecule has 2 N–H and O–H groups in total. The van der Waals surface area contributed by atoms with E-state index in [2.05, 4.69) is 15.7 Å². The maximum Gasteiger partial charge on any atom is 0.320 e. The average molecular weight is 220 g/mol. The molecule has 0 aliphatic carbocycles. The lowest BCUT2D eigenvalue weighted by molar-refractivity contribution is 0.250. The van der Waals surface area contributed by atoms with Crippen molar-refractivity contribution in [1.29, 1.82) is 0 Å². The lowest BCUT2D eigenvalue weighted by Crippen LogP contribution is -2.28.